The van der Waals surface area contributed by atoms with Gasteiger partial charge in [-0.2, -0.15) is 0 Å². The maximum atomic E-state index is 14.3. The summed E-state index contributed by atoms with van der Waals surface area (Å²) in [6, 6.07) is 7.47. The largest absolute Gasteiger partial charge is 0.352 e. The van der Waals surface area contributed by atoms with E-state index in [1.54, 1.807) is 12.1 Å². The van der Waals surface area contributed by atoms with Gasteiger partial charge in [-0.15, -0.1) is 0 Å². The van der Waals surface area contributed by atoms with Gasteiger partial charge < -0.3 is 5.32 Å². The van der Waals surface area contributed by atoms with Crippen molar-refractivity contribution in [3.05, 3.63) is 57.6 Å². The first-order chi connectivity index (χ1) is 12.0. The zero-order valence-electron chi connectivity index (χ0n) is 13.5. The molecule has 1 aliphatic rings. The second-order valence-corrected chi connectivity index (χ2v) is 6.97. The highest BCUT2D eigenvalue weighted by molar-refractivity contribution is 9.10. The van der Waals surface area contributed by atoms with Crippen molar-refractivity contribution in [3.8, 4) is 0 Å². The molecular weight excluding hydrogens is 394 g/mol. The van der Waals surface area contributed by atoms with Crippen molar-refractivity contribution in [1.29, 1.82) is 0 Å². The van der Waals surface area contributed by atoms with Crippen LogP contribution in [0.2, 0.25) is 0 Å². The third-order valence-corrected chi connectivity index (χ3v) is 4.46. The van der Waals surface area contributed by atoms with E-state index in [2.05, 4.69) is 26.7 Å². The lowest BCUT2D eigenvalue weighted by Crippen LogP contribution is -2.26. The summed E-state index contributed by atoms with van der Waals surface area (Å²) in [4.78, 5) is 17.4. The molecule has 0 aliphatic heterocycles. The average Bonchev–Trinajstić information content (AvgIpc) is 3.38. The molecule has 2 aromatic rings. The van der Waals surface area contributed by atoms with Crippen LogP contribution >= 0.6 is 15.9 Å². The van der Waals surface area contributed by atoms with Crippen LogP contribution in [0.3, 0.4) is 0 Å². The minimum absolute atomic E-state index is 0.0305. The first kappa shape index (κ1) is 17.8. The van der Waals surface area contributed by atoms with Gasteiger partial charge in [0.25, 0.3) is 5.91 Å². The fourth-order valence-corrected chi connectivity index (χ4v) is 2.80. The number of benzene rings is 2. The topological polar surface area (TPSA) is 50.4 Å². The molecule has 2 aromatic carbocycles. The number of nitrogens with one attached hydrogen (secondary N) is 2. The standard InChI is InChI=1S/C18H17BrF2N2O2/c1-10-8-12(19)4-7-15(10)22-17-13(5-6-14(20)16(17)21)18(24)23-25-9-11-2-3-11/h4-8,11,22H,2-3,9H2,1H3,(H,23,24). The molecule has 0 spiro atoms. The fraction of sp³-hybridized carbons (Fsp3) is 0.278. The first-order valence-electron chi connectivity index (χ1n) is 7.89. The van der Waals surface area contributed by atoms with Gasteiger partial charge in [-0.1, -0.05) is 15.9 Å². The van der Waals surface area contributed by atoms with E-state index in [-0.39, 0.29) is 11.3 Å². The van der Waals surface area contributed by atoms with Gasteiger partial charge in [0.1, 0.15) is 0 Å². The lowest BCUT2D eigenvalue weighted by molar-refractivity contribution is 0.0270. The molecular formula is C18H17BrF2N2O2. The minimum atomic E-state index is -1.11. The van der Waals surface area contributed by atoms with Crippen LogP contribution in [0, 0.1) is 24.5 Å². The Morgan fingerprint density at radius 2 is 2.04 bits per heavy atom. The summed E-state index contributed by atoms with van der Waals surface area (Å²) < 4.78 is 28.8. The van der Waals surface area contributed by atoms with E-state index in [0.717, 1.165) is 28.9 Å². The molecule has 4 nitrogen and oxygen atoms in total. The predicted octanol–water partition coefficient (Wildman–Crippen LogP) is 4.85. The Bertz CT molecular complexity index is 810. The van der Waals surface area contributed by atoms with Crippen LogP contribution in [0.15, 0.2) is 34.8 Å². The van der Waals surface area contributed by atoms with Gasteiger partial charge in [-0.3, -0.25) is 9.63 Å². The number of aryl methyl sites for hydroxylation is 1. The van der Waals surface area contributed by atoms with Crippen LogP contribution in [0.1, 0.15) is 28.8 Å². The smallest absolute Gasteiger partial charge is 0.277 e. The molecule has 7 heteroatoms. The SMILES string of the molecule is Cc1cc(Br)ccc1Nc1c(C(=O)NOCC2CC2)ccc(F)c1F. The van der Waals surface area contributed by atoms with E-state index >= 15 is 0 Å². The number of anilines is 2. The third kappa shape index (κ3) is 4.35. The molecule has 0 aromatic heterocycles. The quantitative estimate of drug-likeness (QED) is 0.669. The summed E-state index contributed by atoms with van der Waals surface area (Å²) in [6.45, 7) is 2.24. The summed E-state index contributed by atoms with van der Waals surface area (Å²) in [5, 5.41) is 2.82. The Kier molecular flexibility index (Phi) is 5.34. The number of rotatable bonds is 6. The molecule has 0 unspecified atom stereocenters. The van der Waals surface area contributed by atoms with E-state index in [1.807, 2.05) is 13.0 Å². The molecule has 0 radical (unpaired) electrons. The normalized spacial score (nSPS) is 13.6. The van der Waals surface area contributed by atoms with Crippen LogP contribution in [-0.2, 0) is 4.84 Å². The lowest BCUT2D eigenvalue weighted by Gasteiger charge is -2.15. The van der Waals surface area contributed by atoms with Crippen molar-refractivity contribution in [3.63, 3.8) is 0 Å². The highest BCUT2D eigenvalue weighted by Crippen LogP contribution is 2.30. The Morgan fingerprint density at radius 3 is 2.72 bits per heavy atom. The Morgan fingerprint density at radius 1 is 1.28 bits per heavy atom. The van der Waals surface area contributed by atoms with Crippen LogP contribution in [0.5, 0.6) is 0 Å². The number of hydrogen-bond acceptors (Lipinski definition) is 3. The highest BCUT2D eigenvalue weighted by Gasteiger charge is 2.23. The van der Waals surface area contributed by atoms with Crippen molar-refractivity contribution in [2.24, 2.45) is 5.92 Å². The molecule has 1 saturated carbocycles. The number of halogens is 3. The van der Waals surface area contributed by atoms with Gasteiger partial charge in [0.15, 0.2) is 11.6 Å². The Hall–Kier alpha value is -1.99. The molecule has 1 amide bonds. The summed E-state index contributed by atoms with van der Waals surface area (Å²) in [5.41, 5.74) is 3.42. The molecule has 0 bridgehead atoms. The van der Waals surface area contributed by atoms with Gasteiger partial charge in [0.05, 0.1) is 17.9 Å². The highest BCUT2D eigenvalue weighted by atomic mass is 79.9. The van der Waals surface area contributed by atoms with Crippen molar-refractivity contribution >= 4 is 33.2 Å². The van der Waals surface area contributed by atoms with E-state index < -0.39 is 17.5 Å². The zero-order valence-corrected chi connectivity index (χ0v) is 15.1. The molecule has 1 aliphatic carbocycles. The van der Waals surface area contributed by atoms with Crippen LogP contribution in [0.4, 0.5) is 20.2 Å². The third-order valence-electron chi connectivity index (χ3n) is 3.97. The second-order valence-electron chi connectivity index (χ2n) is 6.05. The number of carbonyl (C=O) groups is 1. The summed E-state index contributed by atoms with van der Waals surface area (Å²) >= 11 is 3.35. The minimum Gasteiger partial charge on any atom is -0.352 e. The van der Waals surface area contributed by atoms with Crippen molar-refractivity contribution in [2.75, 3.05) is 11.9 Å². The summed E-state index contributed by atoms with van der Waals surface area (Å²) in [5.74, 6) is -2.31. The molecule has 0 saturated heterocycles. The monoisotopic (exact) mass is 410 g/mol. The maximum Gasteiger partial charge on any atom is 0.277 e. The molecule has 1 fully saturated rings. The zero-order chi connectivity index (χ0) is 18.0. The Balaban J connectivity index is 1.85. The summed E-state index contributed by atoms with van der Waals surface area (Å²) in [6.07, 6.45) is 2.16. The number of hydroxylamine groups is 1. The van der Waals surface area contributed by atoms with Gasteiger partial charge in [0.2, 0.25) is 0 Å². The van der Waals surface area contributed by atoms with E-state index in [0.29, 0.717) is 18.2 Å². The molecule has 2 N–H and O–H groups in total. The Labute approximate surface area is 152 Å². The van der Waals surface area contributed by atoms with Crippen molar-refractivity contribution < 1.29 is 18.4 Å². The second kappa shape index (κ2) is 7.49. The van der Waals surface area contributed by atoms with Gasteiger partial charge in [-0.25, -0.2) is 14.3 Å². The predicted molar refractivity (Wildman–Crippen MR) is 94.7 cm³/mol. The molecule has 0 atom stereocenters. The maximum absolute atomic E-state index is 14.3. The van der Waals surface area contributed by atoms with E-state index in [9.17, 15) is 13.6 Å². The first-order valence-corrected chi connectivity index (χ1v) is 8.68. The average molecular weight is 411 g/mol. The van der Waals surface area contributed by atoms with Crippen LogP contribution in [-0.4, -0.2) is 12.5 Å². The number of amides is 1. The van der Waals surface area contributed by atoms with E-state index in [1.165, 1.54) is 6.07 Å². The number of carbonyl (C=O) groups excluding carboxylic acids is 1. The molecule has 132 valence electrons. The van der Waals surface area contributed by atoms with Crippen molar-refractivity contribution in [2.45, 2.75) is 19.8 Å². The van der Waals surface area contributed by atoms with Gasteiger partial charge in [0, 0.05) is 10.2 Å². The van der Waals surface area contributed by atoms with Crippen molar-refractivity contribution in [1.82, 2.24) is 5.48 Å². The summed E-state index contributed by atoms with van der Waals surface area (Å²) in [7, 11) is 0. The van der Waals surface area contributed by atoms with E-state index in [4.69, 9.17) is 4.84 Å². The van der Waals surface area contributed by atoms with Crippen LogP contribution in [0.25, 0.3) is 0 Å². The fourth-order valence-electron chi connectivity index (χ4n) is 2.33. The molecule has 25 heavy (non-hydrogen) atoms. The van der Waals surface area contributed by atoms with Crippen LogP contribution < -0.4 is 10.8 Å². The molecule has 0 heterocycles. The van der Waals surface area contributed by atoms with Gasteiger partial charge >= 0.3 is 0 Å². The number of hydrogen-bond donors (Lipinski definition) is 2. The molecule has 3 rings (SSSR count). The van der Waals surface area contributed by atoms with Gasteiger partial charge in [-0.05, 0) is 61.6 Å². The lowest BCUT2D eigenvalue weighted by atomic mass is 10.1.